The molecule has 1 aromatic rings. The summed E-state index contributed by atoms with van der Waals surface area (Å²) >= 11 is 0. The molecule has 1 heterocycles. The first-order chi connectivity index (χ1) is 7.86. The molecule has 1 unspecified atom stereocenters. The molecule has 1 atom stereocenters. The largest absolute Gasteiger partial charge is 0.379 e. The van der Waals surface area contributed by atoms with Gasteiger partial charge in [0.2, 0.25) is 0 Å². The van der Waals surface area contributed by atoms with Crippen molar-refractivity contribution in [1.82, 2.24) is 4.90 Å². The van der Waals surface area contributed by atoms with E-state index in [1.807, 2.05) is 30.3 Å². The lowest BCUT2D eigenvalue weighted by Gasteiger charge is -2.26. The maximum Gasteiger partial charge on any atom is 0.0594 e. The summed E-state index contributed by atoms with van der Waals surface area (Å²) in [7, 11) is -0.868. The van der Waals surface area contributed by atoms with Crippen LogP contribution in [0.5, 0.6) is 0 Å². The van der Waals surface area contributed by atoms with Crippen molar-refractivity contribution in [1.29, 1.82) is 0 Å². The fourth-order valence-electron chi connectivity index (χ4n) is 1.73. The number of rotatable bonds is 4. The second kappa shape index (κ2) is 6.13. The maximum absolute atomic E-state index is 11.9. The summed E-state index contributed by atoms with van der Waals surface area (Å²) in [5, 5.41) is 0. The van der Waals surface area contributed by atoms with E-state index in [0.29, 0.717) is 5.75 Å². The van der Waals surface area contributed by atoms with Crippen molar-refractivity contribution in [3.05, 3.63) is 30.3 Å². The smallest absolute Gasteiger partial charge is 0.0594 e. The van der Waals surface area contributed by atoms with Crippen LogP contribution in [0.1, 0.15) is 0 Å². The van der Waals surface area contributed by atoms with Gasteiger partial charge >= 0.3 is 0 Å². The summed E-state index contributed by atoms with van der Waals surface area (Å²) in [6, 6.07) is 9.66. The lowest BCUT2D eigenvalue weighted by Crippen LogP contribution is -2.38. The van der Waals surface area contributed by atoms with Crippen LogP contribution in [0.25, 0.3) is 0 Å². The monoisotopic (exact) mass is 239 g/mol. The molecule has 0 bridgehead atoms. The first kappa shape index (κ1) is 11.8. The molecule has 1 aliphatic heterocycles. The summed E-state index contributed by atoms with van der Waals surface area (Å²) in [5.74, 6) is 0.712. The van der Waals surface area contributed by atoms with Gasteiger partial charge in [0.25, 0.3) is 0 Å². The van der Waals surface area contributed by atoms with Gasteiger partial charge in [0, 0.05) is 30.3 Å². The van der Waals surface area contributed by atoms with Crippen molar-refractivity contribution in [2.75, 3.05) is 38.6 Å². The van der Waals surface area contributed by atoms with E-state index in [2.05, 4.69) is 4.90 Å². The minimum absolute atomic E-state index is 0.712. The van der Waals surface area contributed by atoms with E-state index >= 15 is 0 Å². The van der Waals surface area contributed by atoms with Crippen LogP contribution in [0.2, 0.25) is 0 Å². The SMILES string of the molecule is O=S(CCN1CCOCC1)c1ccccc1. The minimum atomic E-state index is -0.868. The van der Waals surface area contributed by atoms with Crippen LogP contribution in [0.15, 0.2) is 35.2 Å². The van der Waals surface area contributed by atoms with Crippen LogP contribution in [0, 0.1) is 0 Å². The Bertz CT molecular complexity index is 336. The molecule has 0 radical (unpaired) electrons. The zero-order valence-electron chi connectivity index (χ0n) is 9.30. The third kappa shape index (κ3) is 3.40. The molecule has 1 saturated heterocycles. The molecule has 4 heteroatoms. The molecule has 0 N–H and O–H groups in total. The molecule has 0 aliphatic carbocycles. The highest BCUT2D eigenvalue weighted by atomic mass is 32.2. The molecule has 0 amide bonds. The second-order valence-electron chi connectivity index (χ2n) is 3.82. The molecule has 0 spiro atoms. The normalized spacial score (nSPS) is 19.5. The van der Waals surface area contributed by atoms with Crippen molar-refractivity contribution in [3.8, 4) is 0 Å². The first-order valence-electron chi connectivity index (χ1n) is 5.60. The minimum Gasteiger partial charge on any atom is -0.379 e. The van der Waals surface area contributed by atoms with Crippen LogP contribution in [0.4, 0.5) is 0 Å². The van der Waals surface area contributed by atoms with Crippen LogP contribution >= 0.6 is 0 Å². The van der Waals surface area contributed by atoms with E-state index in [-0.39, 0.29) is 0 Å². The van der Waals surface area contributed by atoms with Crippen molar-refractivity contribution < 1.29 is 8.95 Å². The van der Waals surface area contributed by atoms with Gasteiger partial charge in [0.05, 0.1) is 24.0 Å². The van der Waals surface area contributed by atoms with Crippen molar-refractivity contribution in [2.24, 2.45) is 0 Å². The molecular weight excluding hydrogens is 222 g/mol. The number of benzene rings is 1. The molecule has 3 nitrogen and oxygen atoms in total. The molecule has 88 valence electrons. The highest BCUT2D eigenvalue weighted by molar-refractivity contribution is 7.85. The molecule has 1 aliphatic rings. The second-order valence-corrected chi connectivity index (χ2v) is 5.39. The Morgan fingerprint density at radius 3 is 2.56 bits per heavy atom. The standard InChI is InChI=1S/C12H17NO2S/c14-16(12-4-2-1-3-5-12)11-8-13-6-9-15-10-7-13/h1-5H,6-11H2. The van der Waals surface area contributed by atoms with Gasteiger partial charge < -0.3 is 4.74 Å². The van der Waals surface area contributed by atoms with Gasteiger partial charge in [0.1, 0.15) is 0 Å². The van der Waals surface area contributed by atoms with E-state index in [1.54, 1.807) is 0 Å². The highest BCUT2D eigenvalue weighted by Crippen LogP contribution is 2.06. The average Bonchev–Trinajstić information content (AvgIpc) is 2.38. The number of hydrogen-bond acceptors (Lipinski definition) is 3. The third-order valence-electron chi connectivity index (χ3n) is 2.70. The third-order valence-corrected chi connectivity index (χ3v) is 4.05. The zero-order chi connectivity index (χ0) is 11.2. The van der Waals surface area contributed by atoms with Gasteiger partial charge in [-0.05, 0) is 12.1 Å². The summed E-state index contributed by atoms with van der Waals surface area (Å²) in [5.41, 5.74) is 0. The van der Waals surface area contributed by atoms with Crippen molar-refractivity contribution >= 4 is 10.8 Å². The fraction of sp³-hybridized carbons (Fsp3) is 0.500. The molecule has 2 rings (SSSR count). The number of hydrogen-bond donors (Lipinski definition) is 0. The molecule has 0 saturated carbocycles. The number of morpholine rings is 1. The van der Waals surface area contributed by atoms with Gasteiger partial charge in [-0.2, -0.15) is 0 Å². The Hall–Kier alpha value is -0.710. The quantitative estimate of drug-likeness (QED) is 0.789. The predicted molar refractivity (Wildman–Crippen MR) is 65.0 cm³/mol. The van der Waals surface area contributed by atoms with E-state index in [0.717, 1.165) is 37.7 Å². The van der Waals surface area contributed by atoms with Crippen LogP contribution < -0.4 is 0 Å². The molecular formula is C12H17NO2S. The predicted octanol–water partition coefficient (Wildman–Crippen LogP) is 1.13. The van der Waals surface area contributed by atoms with E-state index in [4.69, 9.17) is 4.74 Å². The van der Waals surface area contributed by atoms with Crippen molar-refractivity contribution in [2.45, 2.75) is 4.90 Å². The lowest BCUT2D eigenvalue weighted by atomic mass is 10.4. The van der Waals surface area contributed by atoms with E-state index < -0.39 is 10.8 Å². The topological polar surface area (TPSA) is 29.5 Å². The van der Waals surface area contributed by atoms with Crippen molar-refractivity contribution in [3.63, 3.8) is 0 Å². The fourth-order valence-corrected chi connectivity index (χ4v) is 2.85. The molecule has 1 aromatic carbocycles. The summed E-state index contributed by atoms with van der Waals surface area (Å²) in [4.78, 5) is 3.24. The maximum atomic E-state index is 11.9. The number of nitrogens with zero attached hydrogens (tertiary/aromatic N) is 1. The van der Waals surface area contributed by atoms with Gasteiger partial charge in [-0.3, -0.25) is 9.11 Å². The van der Waals surface area contributed by atoms with E-state index in [9.17, 15) is 4.21 Å². The Morgan fingerprint density at radius 2 is 1.88 bits per heavy atom. The van der Waals surface area contributed by atoms with Crippen LogP contribution in [0.3, 0.4) is 0 Å². The first-order valence-corrected chi connectivity index (χ1v) is 6.92. The van der Waals surface area contributed by atoms with Crippen LogP contribution in [-0.2, 0) is 15.5 Å². The Morgan fingerprint density at radius 1 is 1.19 bits per heavy atom. The Kier molecular flexibility index (Phi) is 4.51. The number of ether oxygens (including phenoxy) is 1. The molecule has 1 fully saturated rings. The van der Waals surface area contributed by atoms with E-state index in [1.165, 1.54) is 0 Å². The Labute approximate surface area is 98.9 Å². The summed E-state index contributed by atoms with van der Waals surface area (Å²) < 4.78 is 17.2. The average molecular weight is 239 g/mol. The van der Waals surface area contributed by atoms with Gasteiger partial charge in [-0.1, -0.05) is 18.2 Å². The Balaban J connectivity index is 1.79. The summed E-state index contributed by atoms with van der Waals surface area (Å²) in [6.07, 6.45) is 0. The highest BCUT2D eigenvalue weighted by Gasteiger charge is 2.11. The summed E-state index contributed by atoms with van der Waals surface area (Å²) in [6.45, 7) is 4.43. The molecule has 16 heavy (non-hydrogen) atoms. The van der Waals surface area contributed by atoms with Crippen LogP contribution in [-0.4, -0.2) is 47.7 Å². The van der Waals surface area contributed by atoms with Gasteiger partial charge in [-0.25, -0.2) is 0 Å². The lowest BCUT2D eigenvalue weighted by molar-refractivity contribution is 0.0409. The van der Waals surface area contributed by atoms with Gasteiger partial charge in [-0.15, -0.1) is 0 Å². The van der Waals surface area contributed by atoms with Gasteiger partial charge in [0.15, 0.2) is 0 Å². The molecule has 0 aromatic heterocycles. The zero-order valence-corrected chi connectivity index (χ0v) is 10.1.